The van der Waals surface area contributed by atoms with Crippen LogP contribution in [0.3, 0.4) is 0 Å². The Bertz CT molecular complexity index is 207. The molecular weight excluding hydrogens is 166 g/mol. The summed E-state index contributed by atoms with van der Waals surface area (Å²) in [5.74, 6) is 0. The summed E-state index contributed by atoms with van der Waals surface area (Å²) in [4.78, 5) is 4.29. The molecule has 1 unspecified atom stereocenters. The predicted octanol–water partition coefficient (Wildman–Crippen LogP) is -0.126. The number of likely N-dealkylation sites (tertiary alicyclic amines) is 1. The maximum atomic E-state index is 8.71. The first-order valence-electron chi connectivity index (χ1n) is 4.86. The van der Waals surface area contributed by atoms with Gasteiger partial charge in [0.1, 0.15) is 0 Å². The minimum absolute atomic E-state index is 0.587. The lowest BCUT2D eigenvalue weighted by Gasteiger charge is -2.31. The first-order chi connectivity index (χ1) is 6.40. The molecule has 1 atom stereocenters. The zero-order valence-electron chi connectivity index (χ0n) is 7.78. The number of hydrogen-bond donors (Lipinski definition) is 0. The van der Waals surface area contributed by atoms with Crippen molar-refractivity contribution in [1.29, 1.82) is 5.26 Å². The number of morpholine rings is 1. The van der Waals surface area contributed by atoms with Crippen LogP contribution in [0.2, 0.25) is 0 Å². The Balaban J connectivity index is 1.84. The van der Waals surface area contributed by atoms with Crippen LogP contribution in [0.15, 0.2) is 0 Å². The second-order valence-electron chi connectivity index (χ2n) is 3.64. The fourth-order valence-electron chi connectivity index (χ4n) is 2.07. The van der Waals surface area contributed by atoms with Crippen molar-refractivity contribution in [1.82, 2.24) is 9.80 Å². The van der Waals surface area contributed by atoms with Gasteiger partial charge < -0.3 is 9.64 Å². The summed E-state index contributed by atoms with van der Waals surface area (Å²) in [5, 5.41) is 8.71. The summed E-state index contributed by atoms with van der Waals surface area (Å²) in [6.45, 7) is 5.61. The number of rotatable bonds is 1. The van der Waals surface area contributed by atoms with Crippen molar-refractivity contribution in [3.05, 3.63) is 0 Å². The zero-order valence-corrected chi connectivity index (χ0v) is 7.78. The van der Waals surface area contributed by atoms with Gasteiger partial charge in [-0.3, -0.25) is 4.90 Å². The highest BCUT2D eigenvalue weighted by atomic mass is 16.5. The topological polar surface area (TPSA) is 39.5 Å². The van der Waals surface area contributed by atoms with Gasteiger partial charge in [0.2, 0.25) is 0 Å². The summed E-state index contributed by atoms with van der Waals surface area (Å²) >= 11 is 0. The Labute approximate surface area is 78.7 Å². The van der Waals surface area contributed by atoms with Crippen LogP contribution < -0.4 is 0 Å². The van der Waals surface area contributed by atoms with Gasteiger partial charge in [0.25, 0.3) is 0 Å². The van der Waals surface area contributed by atoms with Crippen LogP contribution in [-0.4, -0.2) is 55.2 Å². The average Bonchev–Trinajstić information content (AvgIpc) is 2.67. The van der Waals surface area contributed by atoms with E-state index in [1.807, 2.05) is 4.90 Å². The molecule has 2 fully saturated rings. The third-order valence-corrected chi connectivity index (χ3v) is 2.87. The molecule has 0 spiro atoms. The Kier molecular flexibility index (Phi) is 2.67. The summed E-state index contributed by atoms with van der Waals surface area (Å²) in [6.07, 6.45) is 3.34. The van der Waals surface area contributed by atoms with Gasteiger partial charge in [0.05, 0.1) is 13.2 Å². The van der Waals surface area contributed by atoms with Crippen LogP contribution in [0.25, 0.3) is 0 Å². The third-order valence-electron chi connectivity index (χ3n) is 2.87. The fraction of sp³-hybridized carbons (Fsp3) is 0.889. The van der Waals surface area contributed by atoms with E-state index < -0.39 is 0 Å². The number of hydrogen-bond acceptors (Lipinski definition) is 4. The molecule has 0 amide bonds. The quantitative estimate of drug-likeness (QED) is 0.528. The van der Waals surface area contributed by atoms with Crippen molar-refractivity contribution in [2.75, 3.05) is 39.4 Å². The summed E-state index contributed by atoms with van der Waals surface area (Å²) < 4.78 is 5.29. The largest absolute Gasteiger partial charge is 0.379 e. The van der Waals surface area contributed by atoms with Gasteiger partial charge in [0.15, 0.2) is 6.19 Å². The van der Waals surface area contributed by atoms with Crippen LogP contribution in [0.1, 0.15) is 6.42 Å². The second kappa shape index (κ2) is 3.95. The lowest BCUT2D eigenvalue weighted by atomic mass is 10.2. The van der Waals surface area contributed by atoms with E-state index in [0.29, 0.717) is 6.04 Å². The van der Waals surface area contributed by atoms with Crippen molar-refractivity contribution in [2.24, 2.45) is 0 Å². The summed E-state index contributed by atoms with van der Waals surface area (Å²) in [7, 11) is 0. The van der Waals surface area contributed by atoms with E-state index >= 15 is 0 Å². The van der Waals surface area contributed by atoms with Crippen LogP contribution >= 0.6 is 0 Å². The second-order valence-corrected chi connectivity index (χ2v) is 3.64. The third kappa shape index (κ3) is 1.93. The molecular formula is C9H15N3O. The summed E-state index contributed by atoms with van der Waals surface area (Å²) in [5.41, 5.74) is 0. The molecule has 2 heterocycles. The highest BCUT2D eigenvalue weighted by Gasteiger charge is 2.27. The fourth-order valence-corrected chi connectivity index (χ4v) is 2.07. The maximum absolute atomic E-state index is 8.71. The van der Waals surface area contributed by atoms with Gasteiger partial charge in [-0.05, 0) is 6.42 Å². The van der Waals surface area contributed by atoms with Crippen molar-refractivity contribution in [2.45, 2.75) is 12.5 Å². The molecule has 72 valence electrons. The molecule has 2 rings (SSSR count). The Hall–Kier alpha value is -0.790. The molecule has 0 aromatic rings. The maximum Gasteiger partial charge on any atom is 0.179 e. The van der Waals surface area contributed by atoms with Crippen LogP contribution in [0.5, 0.6) is 0 Å². The summed E-state index contributed by atoms with van der Waals surface area (Å²) in [6, 6.07) is 0.587. The minimum Gasteiger partial charge on any atom is -0.379 e. The number of nitriles is 1. The van der Waals surface area contributed by atoms with Gasteiger partial charge in [-0.2, -0.15) is 5.26 Å². The monoisotopic (exact) mass is 181 g/mol. The molecule has 4 nitrogen and oxygen atoms in total. The predicted molar refractivity (Wildman–Crippen MR) is 48.0 cm³/mol. The molecule has 2 aliphatic rings. The molecule has 0 bridgehead atoms. The van der Waals surface area contributed by atoms with Crippen LogP contribution in [0, 0.1) is 11.5 Å². The van der Waals surface area contributed by atoms with E-state index in [2.05, 4.69) is 11.1 Å². The first kappa shape index (κ1) is 8.79. The standard InChI is InChI=1S/C9H15N3O/c10-8-11-2-1-9(7-11)12-3-5-13-6-4-12/h9H,1-7H2. The molecule has 0 aliphatic carbocycles. The normalized spacial score (nSPS) is 30.4. The molecule has 2 saturated heterocycles. The van der Waals surface area contributed by atoms with Gasteiger partial charge in [-0.25, -0.2) is 0 Å². The van der Waals surface area contributed by atoms with Gasteiger partial charge in [-0.15, -0.1) is 0 Å². The highest BCUT2D eigenvalue weighted by molar-refractivity contribution is 4.89. The Morgan fingerprint density at radius 2 is 2.00 bits per heavy atom. The van der Waals surface area contributed by atoms with Crippen molar-refractivity contribution in [3.8, 4) is 6.19 Å². The Morgan fingerprint density at radius 3 is 2.62 bits per heavy atom. The van der Waals surface area contributed by atoms with E-state index in [9.17, 15) is 0 Å². The molecule has 4 heteroatoms. The van der Waals surface area contributed by atoms with Gasteiger partial charge in [0, 0.05) is 32.2 Å². The average molecular weight is 181 g/mol. The van der Waals surface area contributed by atoms with Crippen molar-refractivity contribution in [3.63, 3.8) is 0 Å². The van der Waals surface area contributed by atoms with E-state index in [-0.39, 0.29) is 0 Å². The lowest BCUT2D eigenvalue weighted by Crippen LogP contribution is -2.44. The van der Waals surface area contributed by atoms with Crippen LogP contribution in [0.4, 0.5) is 0 Å². The smallest absolute Gasteiger partial charge is 0.179 e. The van der Waals surface area contributed by atoms with Gasteiger partial charge in [-0.1, -0.05) is 0 Å². The van der Waals surface area contributed by atoms with E-state index in [1.54, 1.807) is 0 Å². The first-order valence-corrected chi connectivity index (χ1v) is 4.86. The van der Waals surface area contributed by atoms with Gasteiger partial charge >= 0.3 is 0 Å². The molecule has 2 aliphatic heterocycles. The molecule has 0 radical (unpaired) electrons. The number of nitrogens with zero attached hydrogens (tertiary/aromatic N) is 3. The lowest BCUT2D eigenvalue weighted by molar-refractivity contribution is 0.0193. The highest BCUT2D eigenvalue weighted by Crippen LogP contribution is 2.15. The SMILES string of the molecule is N#CN1CCC(N2CCOCC2)C1. The molecule has 13 heavy (non-hydrogen) atoms. The van der Waals surface area contributed by atoms with E-state index in [4.69, 9.17) is 10.00 Å². The van der Waals surface area contributed by atoms with Crippen molar-refractivity contribution >= 4 is 0 Å². The molecule has 0 saturated carbocycles. The molecule has 0 aromatic heterocycles. The van der Waals surface area contributed by atoms with E-state index in [0.717, 1.165) is 45.8 Å². The Morgan fingerprint density at radius 1 is 1.23 bits per heavy atom. The number of ether oxygens (including phenoxy) is 1. The molecule has 0 N–H and O–H groups in total. The van der Waals surface area contributed by atoms with E-state index in [1.165, 1.54) is 0 Å². The molecule has 0 aromatic carbocycles. The minimum atomic E-state index is 0.587. The van der Waals surface area contributed by atoms with Crippen LogP contribution in [-0.2, 0) is 4.74 Å². The zero-order chi connectivity index (χ0) is 9.10. The van der Waals surface area contributed by atoms with Crippen molar-refractivity contribution < 1.29 is 4.74 Å².